The maximum absolute atomic E-state index is 9.57. The zero-order chi connectivity index (χ0) is 14.4. The van der Waals surface area contributed by atoms with Crippen molar-refractivity contribution in [1.82, 2.24) is 0 Å². The van der Waals surface area contributed by atoms with Gasteiger partial charge in [0.2, 0.25) is 0 Å². The molecule has 0 atom stereocenters. The minimum atomic E-state index is 0.701. The van der Waals surface area contributed by atoms with E-state index in [1.54, 1.807) is 0 Å². The summed E-state index contributed by atoms with van der Waals surface area (Å²) in [6.07, 6.45) is 5.18. The van der Waals surface area contributed by atoms with Gasteiger partial charge < -0.3 is 0 Å². The Bertz CT molecular complexity index is 660. The number of hydrogen-bond donors (Lipinski definition) is 0. The van der Waals surface area contributed by atoms with Gasteiger partial charge >= 0.3 is 0 Å². The van der Waals surface area contributed by atoms with Gasteiger partial charge in [0.25, 0.3) is 0 Å². The summed E-state index contributed by atoms with van der Waals surface area (Å²) in [6.45, 7) is 7.58. The number of hydrogen-bond acceptors (Lipinski definition) is 1. The zero-order valence-corrected chi connectivity index (χ0v) is 11.5. The highest BCUT2D eigenvalue weighted by Crippen LogP contribution is 2.29. The van der Waals surface area contributed by atoms with E-state index in [2.05, 4.69) is 25.3 Å². The number of nitriles is 1. The lowest BCUT2D eigenvalue weighted by atomic mass is 9.90. The molecule has 0 bridgehead atoms. The lowest BCUT2D eigenvalue weighted by molar-refractivity contribution is 1.14. The predicted molar refractivity (Wildman–Crippen MR) is 84.4 cm³/mol. The van der Waals surface area contributed by atoms with E-state index in [1.807, 2.05) is 48.6 Å². The standard InChI is InChI=1S/C19H17N/c1-3-8-15-12-13-18(16-10-6-5-7-11-16)19(14-20)17(15)9-4-2/h3-7,10-13H,1-2,8-9H2. The molecule has 0 amide bonds. The molecule has 0 spiro atoms. The van der Waals surface area contributed by atoms with Gasteiger partial charge in [-0.1, -0.05) is 54.6 Å². The molecular weight excluding hydrogens is 242 g/mol. The van der Waals surface area contributed by atoms with E-state index in [-0.39, 0.29) is 0 Å². The van der Waals surface area contributed by atoms with Crippen LogP contribution < -0.4 is 0 Å². The summed E-state index contributed by atoms with van der Waals surface area (Å²) in [5.41, 5.74) is 5.01. The van der Waals surface area contributed by atoms with E-state index in [0.717, 1.165) is 34.2 Å². The molecule has 1 heteroatoms. The number of nitrogens with zero attached hydrogens (tertiary/aromatic N) is 1. The van der Waals surface area contributed by atoms with Gasteiger partial charge in [-0.15, -0.1) is 13.2 Å². The maximum Gasteiger partial charge on any atom is 0.100 e. The molecule has 0 unspecified atom stereocenters. The SMILES string of the molecule is C=CCc1ccc(-c2ccccc2)c(C#N)c1CC=C. The molecule has 20 heavy (non-hydrogen) atoms. The van der Waals surface area contributed by atoms with Gasteiger partial charge in [0.1, 0.15) is 6.07 Å². The molecule has 0 N–H and O–H groups in total. The van der Waals surface area contributed by atoms with E-state index in [1.165, 1.54) is 0 Å². The van der Waals surface area contributed by atoms with Crippen molar-refractivity contribution < 1.29 is 0 Å². The van der Waals surface area contributed by atoms with Crippen molar-refractivity contribution in [1.29, 1.82) is 5.26 Å². The average molecular weight is 259 g/mol. The number of benzene rings is 2. The Morgan fingerprint density at radius 2 is 1.65 bits per heavy atom. The first-order valence-corrected chi connectivity index (χ1v) is 6.64. The molecule has 2 aromatic carbocycles. The molecule has 0 saturated heterocycles. The average Bonchev–Trinajstić information content (AvgIpc) is 2.50. The second-order valence-corrected chi connectivity index (χ2v) is 4.59. The van der Waals surface area contributed by atoms with Gasteiger partial charge in [0.15, 0.2) is 0 Å². The van der Waals surface area contributed by atoms with Crippen LogP contribution >= 0.6 is 0 Å². The fourth-order valence-corrected chi connectivity index (χ4v) is 2.40. The molecule has 0 aliphatic heterocycles. The first-order chi connectivity index (χ1) is 9.81. The molecule has 0 heterocycles. The van der Waals surface area contributed by atoms with Crippen LogP contribution in [-0.2, 0) is 12.8 Å². The van der Waals surface area contributed by atoms with Crippen molar-refractivity contribution >= 4 is 0 Å². The third-order valence-corrected chi connectivity index (χ3v) is 3.32. The molecule has 0 aromatic heterocycles. The predicted octanol–water partition coefficient (Wildman–Crippen LogP) is 4.68. The molecule has 2 rings (SSSR count). The summed E-state index contributed by atoms with van der Waals surface area (Å²) in [4.78, 5) is 0. The van der Waals surface area contributed by atoms with E-state index < -0.39 is 0 Å². The van der Waals surface area contributed by atoms with Gasteiger partial charge in [-0.2, -0.15) is 5.26 Å². The Balaban J connectivity index is 2.66. The van der Waals surface area contributed by atoms with E-state index >= 15 is 0 Å². The minimum Gasteiger partial charge on any atom is -0.192 e. The Labute approximate surface area is 120 Å². The molecule has 0 aliphatic rings. The number of allylic oxidation sites excluding steroid dienone is 2. The number of rotatable bonds is 5. The van der Waals surface area contributed by atoms with E-state index in [0.29, 0.717) is 6.42 Å². The van der Waals surface area contributed by atoms with Crippen LogP contribution in [0.5, 0.6) is 0 Å². The minimum absolute atomic E-state index is 0.701. The fourth-order valence-electron chi connectivity index (χ4n) is 2.40. The lowest BCUT2D eigenvalue weighted by Crippen LogP contribution is -1.99. The summed E-state index contributed by atoms with van der Waals surface area (Å²) in [5.74, 6) is 0. The van der Waals surface area contributed by atoms with Crippen LogP contribution in [0.15, 0.2) is 67.8 Å². The third kappa shape index (κ3) is 2.70. The van der Waals surface area contributed by atoms with Crippen LogP contribution in [0.25, 0.3) is 11.1 Å². The van der Waals surface area contributed by atoms with Crippen LogP contribution in [0.1, 0.15) is 16.7 Å². The third-order valence-electron chi connectivity index (χ3n) is 3.32. The first kappa shape index (κ1) is 13.8. The largest absolute Gasteiger partial charge is 0.192 e. The highest BCUT2D eigenvalue weighted by Gasteiger charge is 2.12. The van der Waals surface area contributed by atoms with Crippen LogP contribution in [0.3, 0.4) is 0 Å². The second kappa shape index (κ2) is 6.54. The summed E-state index contributed by atoms with van der Waals surface area (Å²) in [5, 5.41) is 9.57. The van der Waals surface area contributed by atoms with Gasteiger partial charge in [0, 0.05) is 0 Å². The molecule has 98 valence electrons. The first-order valence-electron chi connectivity index (χ1n) is 6.64. The van der Waals surface area contributed by atoms with Gasteiger partial charge in [-0.05, 0) is 35.1 Å². The van der Waals surface area contributed by atoms with Crippen molar-refractivity contribution in [2.75, 3.05) is 0 Å². The summed E-state index contributed by atoms with van der Waals surface area (Å²) in [6, 6.07) is 16.5. The molecule has 2 aromatic rings. The molecular formula is C19H17N. The Kier molecular flexibility index (Phi) is 4.52. The van der Waals surface area contributed by atoms with Crippen LogP contribution in [0.2, 0.25) is 0 Å². The highest BCUT2D eigenvalue weighted by molar-refractivity contribution is 5.73. The van der Waals surface area contributed by atoms with Crippen molar-refractivity contribution in [2.24, 2.45) is 0 Å². The van der Waals surface area contributed by atoms with Gasteiger partial charge in [-0.3, -0.25) is 0 Å². The second-order valence-electron chi connectivity index (χ2n) is 4.59. The van der Waals surface area contributed by atoms with Crippen molar-refractivity contribution in [3.63, 3.8) is 0 Å². The zero-order valence-electron chi connectivity index (χ0n) is 11.5. The monoisotopic (exact) mass is 259 g/mol. The molecule has 0 radical (unpaired) electrons. The van der Waals surface area contributed by atoms with Crippen molar-refractivity contribution in [3.8, 4) is 17.2 Å². The maximum atomic E-state index is 9.57. The summed E-state index contributed by atoms with van der Waals surface area (Å²) >= 11 is 0. The van der Waals surface area contributed by atoms with Crippen LogP contribution in [0.4, 0.5) is 0 Å². The van der Waals surface area contributed by atoms with Gasteiger partial charge in [0.05, 0.1) is 5.56 Å². The molecule has 0 fully saturated rings. The Morgan fingerprint density at radius 1 is 0.950 bits per heavy atom. The summed E-state index contributed by atoms with van der Waals surface area (Å²) in [7, 11) is 0. The lowest BCUT2D eigenvalue weighted by Gasteiger charge is -2.13. The van der Waals surface area contributed by atoms with Gasteiger partial charge in [-0.25, -0.2) is 0 Å². The van der Waals surface area contributed by atoms with Crippen LogP contribution in [0, 0.1) is 11.3 Å². The molecule has 1 nitrogen and oxygen atoms in total. The van der Waals surface area contributed by atoms with Crippen LogP contribution in [-0.4, -0.2) is 0 Å². The van der Waals surface area contributed by atoms with Crippen molar-refractivity contribution in [3.05, 3.63) is 84.5 Å². The molecule has 0 aliphatic carbocycles. The Morgan fingerprint density at radius 3 is 2.25 bits per heavy atom. The Hall–Kier alpha value is -2.59. The summed E-state index contributed by atoms with van der Waals surface area (Å²) < 4.78 is 0. The van der Waals surface area contributed by atoms with Crippen molar-refractivity contribution in [2.45, 2.75) is 12.8 Å². The topological polar surface area (TPSA) is 23.8 Å². The van der Waals surface area contributed by atoms with E-state index in [9.17, 15) is 5.26 Å². The quantitative estimate of drug-likeness (QED) is 0.715. The fraction of sp³-hybridized carbons (Fsp3) is 0.105. The smallest absolute Gasteiger partial charge is 0.100 e. The van der Waals surface area contributed by atoms with E-state index in [4.69, 9.17) is 0 Å². The molecule has 0 saturated carbocycles. The normalized spacial score (nSPS) is 9.75. The highest BCUT2D eigenvalue weighted by atomic mass is 14.3.